The fourth-order valence-corrected chi connectivity index (χ4v) is 5.28. The van der Waals surface area contributed by atoms with E-state index in [1.807, 2.05) is 24.3 Å². The number of nitrogens with zero attached hydrogens (tertiary/aromatic N) is 2. The van der Waals surface area contributed by atoms with Gasteiger partial charge in [0.05, 0.1) is 12.6 Å². The maximum atomic E-state index is 12.9. The third-order valence-corrected chi connectivity index (χ3v) is 7.32. The molecule has 1 N–H and O–H groups in total. The van der Waals surface area contributed by atoms with E-state index in [-0.39, 0.29) is 11.9 Å². The van der Waals surface area contributed by atoms with Crippen LogP contribution in [0.4, 0.5) is 0 Å². The molecule has 1 aliphatic rings. The molecule has 1 unspecified atom stereocenters. The number of carbonyl (C=O) groups excluding carboxylic acids is 1. The Labute approximate surface area is 182 Å². The number of hydrogen-bond acceptors (Lipinski definition) is 5. The maximum absolute atomic E-state index is 12.9. The number of aryl methyl sites for hydroxylation is 1. The molecule has 0 saturated heterocycles. The zero-order chi connectivity index (χ0) is 20.6. The van der Waals surface area contributed by atoms with Crippen LogP contribution in [0.1, 0.15) is 40.0 Å². The van der Waals surface area contributed by atoms with E-state index in [9.17, 15) is 4.79 Å². The van der Waals surface area contributed by atoms with Crippen LogP contribution in [0.2, 0.25) is 0 Å². The monoisotopic (exact) mass is 427 g/mol. The molecule has 0 radical (unpaired) electrons. The second-order valence-corrected chi connectivity index (χ2v) is 9.53. The van der Waals surface area contributed by atoms with E-state index >= 15 is 0 Å². The first-order valence-corrected chi connectivity index (χ1v) is 12.0. The Morgan fingerprint density at radius 3 is 2.62 bits per heavy atom. The van der Waals surface area contributed by atoms with Crippen molar-refractivity contribution in [3.8, 4) is 0 Å². The molecule has 6 heteroatoms. The minimum absolute atomic E-state index is 0.0146. The van der Waals surface area contributed by atoms with E-state index in [2.05, 4.69) is 60.5 Å². The van der Waals surface area contributed by atoms with Crippen molar-refractivity contribution in [3.05, 3.63) is 70.8 Å². The number of aliphatic imine (C=N–C) groups is 1. The normalized spacial score (nSPS) is 14.7. The first-order valence-electron chi connectivity index (χ1n) is 10.00. The molecule has 1 heterocycles. The van der Waals surface area contributed by atoms with Gasteiger partial charge in [-0.3, -0.25) is 9.79 Å². The summed E-state index contributed by atoms with van der Waals surface area (Å²) in [5.41, 5.74) is 4.35. The first-order chi connectivity index (χ1) is 14.1. The topological polar surface area (TPSA) is 44.7 Å². The highest BCUT2D eigenvalue weighted by molar-refractivity contribution is 8.38. The Kier molecular flexibility index (Phi) is 8.21. The smallest absolute Gasteiger partial charge is 0.251 e. The molecule has 2 aromatic carbocycles. The molecule has 0 fully saturated rings. The van der Waals surface area contributed by atoms with E-state index < -0.39 is 0 Å². The molecule has 0 bridgehead atoms. The van der Waals surface area contributed by atoms with Gasteiger partial charge in [-0.05, 0) is 43.3 Å². The first kappa shape index (κ1) is 21.9. The Morgan fingerprint density at radius 2 is 1.97 bits per heavy atom. The highest BCUT2D eigenvalue weighted by Gasteiger charge is 2.18. The van der Waals surface area contributed by atoms with Crippen LogP contribution < -0.4 is 5.32 Å². The van der Waals surface area contributed by atoms with Crippen LogP contribution >= 0.6 is 23.5 Å². The Balaban J connectivity index is 1.65. The van der Waals surface area contributed by atoms with Crippen molar-refractivity contribution >= 4 is 33.8 Å². The third-order valence-electron chi connectivity index (χ3n) is 5.02. The van der Waals surface area contributed by atoms with Gasteiger partial charge in [0.2, 0.25) is 0 Å². The minimum Gasteiger partial charge on any atom is -0.350 e. The molecular formula is C23H29N3OS2. The number of nitrogens with one attached hydrogen (secondary N) is 1. The van der Waals surface area contributed by atoms with Gasteiger partial charge in [-0.15, -0.1) is 0 Å². The van der Waals surface area contributed by atoms with Gasteiger partial charge < -0.3 is 10.2 Å². The molecule has 0 saturated carbocycles. The Hall–Kier alpha value is -1.76. The molecule has 1 amide bonds. The zero-order valence-electron chi connectivity index (χ0n) is 17.4. The number of amides is 1. The van der Waals surface area contributed by atoms with E-state index in [0.717, 1.165) is 40.0 Å². The van der Waals surface area contributed by atoms with Gasteiger partial charge in [-0.2, -0.15) is 0 Å². The van der Waals surface area contributed by atoms with E-state index in [0.29, 0.717) is 6.54 Å². The number of thioether (sulfide) groups is 2. The molecule has 154 valence electrons. The number of hydrogen-bond donors (Lipinski definition) is 1. The van der Waals surface area contributed by atoms with Gasteiger partial charge in [0.1, 0.15) is 4.38 Å². The van der Waals surface area contributed by atoms with Gasteiger partial charge in [-0.25, -0.2) is 0 Å². The maximum Gasteiger partial charge on any atom is 0.251 e. The highest BCUT2D eigenvalue weighted by atomic mass is 32.2. The molecular weight excluding hydrogens is 398 g/mol. The van der Waals surface area contributed by atoms with E-state index in [4.69, 9.17) is 0 Å². The van der Waals surface area contributed by atoms with Crippen molar-refractivity contribution in [2.75, 3.05) is 32.9 Å². The van der Waals surface area contributed by atoms with Crippen LogP contribution in [0.25, 0.3) is 0 Å². The van der Waals surface area contributed by atoms with Crippen LogP contribution in [0.15, 0.2) is 53.5 Å². The lowest BCUT2D eigenvalue weighted by Gasteiger charge is -2.25. The number of carbonyl (C=O) groups is 1. The second-order valence-electron chi connectivity index (χ2n) is 7.23. The zero-order valence-corrected chi connectivity index (χ0v) is 19.0. The lowest BCUT2D eigenvalue weighted by Crippen LogP contribution is -2.34. The predicted octanol–water partition coefficient (Wildman–Crippen LogP) is 4.62. The lowest BCUT2D eigenvalue weighted by molar-refractivity contribution is 0.0941. The fourth-order valence-electron chi connectivity index (χ4n) is 3.27. The van der Waals surface area contributed by atoms with Gasteiger partial charge in [0, 0.05) is 23.6 Å². The summed E-state index contributed by atoms with van der Waals surface area (Å²) in [4.78, 5) is 19.6. The van der Waals surface area contributed by atoms with E-state index in [1.165, 1.54) is 11.1 Å². The van der Waals surface area contributed by atoms with Crippen molar-refractivity contribution in [2.24, 2.45) is 4.99 Å². The molecule has 0 spiro atoms. The lowest BCUT2D eigenvalue weighted by atomic mass is 10.0. The molecule has 2 aromatic rings. The molecule has 3 rings (SSSR count). The van der Waals surface area contributed by atoms with Crippen LogP contribution in [0.3, 0.4) is 0 Å². The Bertz CT molecular complexity index is 849. The van der Waals surface area contributed by atoms with Gasteiger partial charge in [0.15, 0.2) is 0 Å². The quantitative estimate of drug-likeness (QED) is 0.668. The second kappa shape index (κ2) is 10.9. The average Bonchev–Trinajstić information content (AvgIpc) is 3.26. The van der Waals surface area contributed by atoms with Crippen LogP contribution in [-0.4, -0.2) is 48.1 Å². The summed E-state index contributed by atoms with van der Waals surface area (Å²) in [6.45, 7) is 3.63. The number of benzene rings is 2. The third kappa shape index (κ3) is 6.11. The highest BCUT2D eigenvalue weighted by Crippen LogP contribution is 2.26. The molecule has 1 atom stereocenters. The molecule has 4 nitrogen and oxygen atoms in total. The van der Waals surface area contributed by atoms with Crippen LogP contribution in [0.5, 0.6) is 0 Å². The van der Waals surface area contributed by atoms with Gasteiger partial charge >= 0.3 is 0 Å². The summed E-state index contributed by atoms with van der Waals surface area (Å²) in [5, 5.41) is 3.15. The summed E-state index contributed by atoms with van der Waals surface area (Å²) in [5.74, 6) is 1.82. The SMILES string of the molecule is CCc1ccc(C(CNC(=O)c2ccccc2CSC2=NCCS2)N(C)C)cc1. The van der Waals surface area contributed by atoms with Crippen molar-refractivity contribution < 1.29 is 4.79 Å². The van der Waals surface area contributed by atoms with Crippen molar-refractivity contribution in [1.29, 1.82) is 0 Å². The van der Waals surface area contributed by atoms with Gasteiger partial charge in [0.25, 0.3) is 5.91 Å². The van der Waals surface area contributed by atoms with Crippen molar-refractivity contribution in [1.82, 2.24) is 10.2 Å². The molecule has 1 aliphatic heterocycles. The summed E-state index contributed by atoms with van der Waals surface area (Å²) in [6.07, 6.45) is 1.03. The van der Waals surface area contributed by atoms with Crippen LogP contribution in [0, 0.1) is 0 Å². The molecule has 0 aliphatic carbocycles. The standard InChI is InChI=1S/C23H29N3OS2/c1-4-17-9-11-18(12-10-17)21(26(2)3)15-25-22(27)20-8-6-5-7-19(20)16-29-23-24-13-14-28-23/h5-12,21H,4,13-16H2,1-3H3,(H,25,27). The molecule has 0 aromatic heterocycles. The van der Waals surface area contributed by atoms with E-state index in [1.54, 1.807) is 23.5 Å². The minimum atomic E-state index is -0.0146. The van der Waals surface area contributed by atoms with Gasteiger partial charge in [-0.1, -0.05) is 72.9 Å². The fraction of sp³-hybridized carbons (Fsp3) is 0.391. The molecule has 29 heavy (non-hydrogen) atoms. The number of rotatable bonds is 8. The average molecular weight is 428 g/mol. The summed E-state index contributed by atoms with van der Waals surface area (Å²) in [6, 6.07) is 16.7. The van der Waals surface area contributed by atoms with Crippen molar-refractivity contribution in [3.63, 3.8) is 0 Å². The number of likely N-dealkylation sites (N-methyl/N-ethyl adjacent to an activating group) is 1. The summed E-state index contributed by atoms with van der Waals surface area (Å²) in [7, 11) is 4.10. The summed E-state index contributed by atoms with van der Waals surface area (Å²) >= 11 is 3.52. The van der Waals surface area contributed by atoms with Crippen LogP contribution in [-0.2, 0) is 12.2 Å². The predicted molar refractivity (Wildman–Crippen MR) is 127 cm³/mol. The Morgan fingerprint density at radius 1 is 1.21 bits per heavy atom. The summed E-state index contributed by atoms with van der Waals surface area (Å²) < 4.78 is 1.13. The largest absolute Gasteiger partial charge is 0.350 e. The van der Waals surface area contributed by atoms with Crippen molar-refractivity contribution in [2.45, 2.75) is 25.1 Å².